The van der Waals surface area contributed by atoms with Crippen LogP contribution in [-0.2, 0) is 5.41 Å². The fourth-order valence-corrected chi connectivity index (χ4v) is 6.22. The number of halogens is 2. The predicted molar refractivity (Wildman–Crippen MR) is 143 cm³/mol. The smallest absolute Gasteiger partial charge is 0.272 e. The normalized spacial score (nSPS) is 21.5. The summed E-state index contributed by atoms with van der Waals surface area (Å²) in [5.74, 6) is -3.00. The number of alkyl halides is 2. The Kier molecular flexibility index (Phi) is 7.43. The summed E-state index contributed by atoms with van der Waals surface area (Å²) in [7, 11) is 0. The first-order chi connectivity index (χ1) is 18.6. The minimum absolute atomic E-state index is 0.0651. The molecule has 0 spiro atoms. The van der Waals surface area contributed by atoms with E-state index in [0.717, 1.165) is 11.1 Å². The van der Waals surface area contributed by atoms with Crippen LogP contribution in [0.15, 0.2) is 36.4 Å². The van der Waals surface area contributed by atoms with Crippen molar-refractivity contribution >= 4 is 11.8 Å². The third-order valence-corrected chi connectivity index (χ3v) is 8.88. The number of amides is 2. The topological polar surface area (TPSA) is 80.5 Å². The highest BCUT2D eigenvalue weighted by Gasteiger charge is 2.42. The lowest BCUT2D eigenvalue weighted by atomic mass is 9.74. The lowest BCUT2D eigenvalue weighted by Gasteiger charge is -2.38. The van der Waals surface area contributed by atoms with E-state index in [1.165, 1.54) is 0 Å². The quantitative estimate of drug-likeness (QED) is 0.582. The van der Waals surface area contributed by atoms with Crippen LogP contribution >= 0.6 is 0 Å². The van der Waals surface area contributed by atoms with E-state index in [1.54, 1.807) is 22.8 Å². The van der Waals surface area contributed by atoms with E-state index >= 15 is 0 Å². The molecule has 3 saturated heterocycles. The van der Waals surface area contributed by atoms with Gasteiger partial charge in [-0.05, 0) is 56.7 Å². The van der Waals surface area contributed by atoms with Gasteiger partial charge in [-0.3, -0.25) is 14.5 Å². The number of nitrogens with zero attached hydrogens (tertiary/aromatic N) is 5. The van der Waals surface area contributed by atoms with Crippen molar-refractivity contribution in [3.8, 4) is 6.07 Å². The highest BCUT2D eigenvalue weighted by Crippen LogP contribution is 2.35. The van der Waals surface area contributed by atoms with Gasteiger partial charge >= 0.3 is 0 Å². The zero-order valence-corrected chi connectivity index (χ0v) is 22.6. The molecule has 7 nitrogen and oxygen atoms in total. The largest absolute Gasteiger partial charge is 0.339 e. The van der Waals surface area contributed by atoms with Crippen LogP contribution in [-0.4, -0.2) is 82.7 Å². The molecule has 1 aromatic heterocycles. The fraction of sp³-hybridized carbons (Fsp3) is 0.533. The highest BCUT2D eigenvalue weighted by atomic mass is 19.3. The second-order valence-electron chi connectivity index (χ2n) is 11.2. The summed E-state index contributed by atoms with van der Waals surface area (Å²) in [4.78, 5) is 36.9. The number of aryl methyl sites for hydroxylation is 1. The lowest BCUT2D eigenvalue weighted by molar-refractivity contribution is 0.00326. The molecular formula is C30H35F2N5O2. The Morgan fingerprint density at radius 2 is 1.59 bits per heavy atom. The van der Waals surface area contributed by atoms with E-state index in [2.05, 4.69) is 11.1 Å². The van der Waals surface area contributed by atoms with E-state index in [9.17, 15) is 23.6 Å². The first-order valence-corrected chi connectivity index (χ1v) is 13.8. The molecule has 39 heavy (non-hydrogen) atoms. The number of carbonyl (C=O) groups excluding carboxylic acids is 2. The second-order valence-corrected chi connectivity index (χ2v) is 11.2. The first kappa shape index (κ1) is 27.2. The minimum Gasteiger partial charge on any atom is -0.339 e. The van der Waals surface area contributed by atoms with Gasteiger partial charge in [0.25, 0.3) is 17.7 Å². The predicted octanol–water partition coefficient (Wildman–Crippen LogP) is 4.34. The molecule has 5 rings (SSSR count). The molecular weight excluding hydrogens is 500 g/mol. The van der Waals surface area contributed by atoms with E-state index in [4.69, 9.17) is 0 Å². The maximum Gasteiger partial charge on any atom is 0.272 e. The third-order valence-electron chi connectivity index (χ3n) is 8.88. The average molecular weight is 536 g/mol. The Bertz CT molecular complexity index is 1280. The molecule has 0 aliphatic carbocycles. The van der Waals surface area contributed by atoms with Crippen molar-refractivity contribution in [3.05, 3.63) is 64.5 Å². The van der Waals surface area contributed by atoms with Gasteiger partial charge in [0.2, 0.25) is 0 Å². The SMILES string of the molecule is Cc1nc(C(=O)N2CCC(C#N)(c3ccccc3)CC2)cc(C(=O)N2CCC(N3CCC(F)(F)C3)CC2)c1C. The zero-order valence-electron chi connectivity index (χ0n) is 22.6. The number of hydrogen-bond donors (Lipinski definition) is 0. The number of nitriles is 1. The number of carbonyl (C=O) groups is 2. The van der Waals surface area contributed by atoms with Gasteiger partial charge in [-0.2, -0.15) is 5.26 Å². The molecule has 3 fully saturated rings. The monoisotopic (exact) mass is 535 g/mol. The maximum absolute atomic E-state index is 13.7. The molecule has 0 N–H and O–H groups in total. The molecule has 1 aromatic carbocycles. The van der Waals surface area contributed by atoms with Crippen molar-refractivity contribution < 1.29 is 18.4 Å². The van der Waals surface area contributed by atoms with Gasteiger partial charge in [0.05, 0.1) is 18.0 Å². The van der Waals surface area contributed by atoms with Crippen molar-refractivity contribution in [1.29, 1.82) is 5.26 Å². The minimum atomic E-state index is -2.62. The van der Waals surface area contributed by atoms with Gasteiger partial charge in [0.1, 0.15) is 5.69 Å². The van der Waals surface area contributed by atoms with E-state index < -0.39 is 11.3 Å². The molecule has 3 aliphatic heterocycles. The van der Waals surface area contributed by atoms with Gasteiger partial charge in [-0.25, -0.2) is 13.8 Å². The number of hydrogen-bond acceptors (Lipinski definition) is 5. The number of aromatic nitrogens is 1. The Hall–Kier alpha value is -3.38. The molecule has 4 heterocycles. The maximum atomic E-state index is 13.7. The number of pyridine rings is 1. The molecule has 2 aromatic rings. The van der Waals surface area contributed by atoms with Crippen LogP contribution in [0, 0.1) is 25.2 Å². The summed E-state index contributed by atoms with van der Waals surface area (Å²) < 4.78 is 27.3. The summed E-state index contributed by atoms with van der Waals surface area (Å²) in [6.07, 6.45) is 2.29. The van der Waals surface area contributed by atoms with Crippen molar-refractivity contribution in [3.63, 3.8) is 0 Å². The zero-order chi connectivity index (χ0) is 27.8. The van der Waals surface area contributed by atoms with Gasteiger partial charge in [0.15, 0.2) is 0 Å². The molecule has 206 valence electrons. The van der Waals surface area contributed by atoms with Crippen LogP contribution in [0.4, 0.5) is 8.78 Å². The van der Waals surface area contributed by atoms with Gasteiger partial charge in [-0.15, -0.1) is 0 Å². The summed E-state index contributed by atoms with van der Waals surface area (Å²) in [6.45, 7) is 5.70. The van der Waals surface area contributed by atoms with Crippen molar-refractivity contribution in [2.24, 2.45) is 0 Å². The molecule has 0 atom stereocenters. The van der Waals surface area contributed by atoms with E-state index in [0.29, 0.717) is 69.7 Å². The van der Waals surface area contributed by atoms with Crippen LogP contribution in [0.25, 0.3) is 0 Å². The lowest BCUT2D eigenvalue weighted by Crippen LogP contribution is -2.47. The number of rotatable bonds is 4. The highest BCUT2D eigenvalue weighted by molar-refractivity contribution is 6.00. The first-order valence-electron chi connectivity index (χ1n) is 13.8. The Morgan fingerprint density at radius 1 is 0.949 bits per heavy atom. The molecule has 0 unspecified atom stereocenters. The standard InChI is InChI=1S/C30H35F2N5O2/c1-21-22(2)34-26(28(39)36-15-10-29(19-33,11-16-36)23-6-4-3-5-7-23)18-25(21)27(38)35-13-8-24(9-14-35)37-17-12-30(31,32)20-37/h3-7,18,24H,8-17,20H2,1-2H3. The van der Waals surface area contributed by atoms with Crippen molar-refractivity contribution in [2.75, 3.05) is 39.3 Å². The number of piperidine rings is 2. The van der Waals surface area contributed by atoms with E-state index in [1.807, 2.05) is 42.2 Å². The van der Waals surface area contributed by atoms with Crippen LogP contribution < -0.4 is 0 Å². The average Bonchev–Trinajstić information content (AvgIpc) is 3.33. The van der Waals surface area contributed by atoms with Gasteiger partial charge in [0, 0.05) is 56.4 Å². The number of benzene rings is 1. The van der Waals surface area contributed by atoms with Crippen LogP contribution in [0.1, 0.15) is 69.8 Å². The summed E-state index contributed by atoms with van der Waals surface area (Å²) in [6, 6.07) is 13.9. The number of likely N-dealkylation sites (tertiary alicyclic amines) is 3. The van der Waals surface area contributed by atoms with Gasteiger partial charge < -0.3 is 9.80 Å². The molecule has 3 aliphatic rings. The van der Waals surface area contributed by atoms with Crippen molar-refractivity contribution in [1.82, 2.24) is 19.7 Å². The molecule has 0 radical (unpaired) electrons. The van der Waals surface area contributed by atoms with Crippen molar-refractivity contribution in [2.45, 2.75) is 63.3 Å². The summed E-state index contributed by atoms with van der Waals surface area (Å²) in [5.41, 5.74) is 2.42. The fourth-order valence-electron chi connectivity index (χ4n) is 6.22. The summed E-state index contributed by atoms with van der Waals surface area (Å²) in [5, 5.41) is 9.98. The Morgan fingerprint density at radius 3 is 2.18 bits per heavy atom. The van der Waals surface area contributed by atoms with E-state index in [-0.39, 0.29) is 36.5 Å². The molecule has 0 bridgehead atoms. The third kappa shape index (κ3) is 5.40. The molecule has 9 heteroatoms. The van der Waals surface area contributed by atoms with Gasteiger partial charge in [-0.1, -0.05) is 30.3 Å². The Labute approximate surface area is 228 Å². The molecule has 0 saturated carbocycles. The second kappa shape index (κ2) is 10.6. The summed E-state index contributed by atoms with van der Waals surface area (Å²) >= 11 is 0. The van der Waals surface area contributed by atoms with Crippen LogP contribution in [0.3, 0.4) is 0 Å². The molecule has 2 amide bonds. The Balaban J connectivity index is 1.26. The van der Waals surface area contributed by atoms with Crippen LogP contribution in [0.2, 0.25) is 0 Å². The van der Waals surface area contributed by atoms with Crippen LogP contribution in [0.5, 0.6) is 0 Å².